The number of carbonyl (C=O) groups excluding carboxylic acids is 1. The molecular weight excluding hydrogens is 492 g/mol. The molecule has 0 unspecified atom stereocenters. The number of rotatable bonds is 12. The number of hydrogen-bond acceptors (Lipinski definition) is 9. The van der Waals surface area contributed by atoms with Crippen molar-refractivity contribution < 1.29 is 33.4 Å². The Morgan fingerprint density at radius 1 is 0.789 bits per heavy atom. The van der Waals surface area contributed by atoms with E-state index in [0.717, 1.165) is 11.1 Å². The smallest absolute Gasteiger partial charge is 0.269 e. The molecule has 0 saturated heterocycles. The van der Waals surface area contributed by atoms with Crippen LogP contribution >= 0.6 is 0 Å². The minimum Gasteiger partial charge on any atom is -0.493 e. The molecule has 3 aromatic carbocycles. The van der Waals surface area contributed by atoms with Gasteiger partial charge in [-0.2, -0.15) is 0 Å². The minimum absolute atomic E-state index is 0.0895. The van der Waals surface area contributed by atoms with Crippen LogP contribution in [0.15, 0.2) is 60.8 Å². The Labute approximate surface area is 220 Å². The molecule has 0 spiro atoms. The molecule has 10 heteroatoms. The molecule has 198 valence electrons. The lowest BCUT2D eigenvalue weighted by atomic mass is 10.1. The number of ether oxygens (including phenoxy) is 5. The maximum atomic E-state index is 12.6. The van der Waals surface area contributed by atoms with Crippen molar-refractivity contribution in [3.05, 3.63) is 87.6 Å². The first-order chi connectivity index (χ1) is 18.4. The van der Waals surface area contributed by atoms with Crippen LogP contribution in [0.5, 0.6) is 28.7 Å². The van der Waals surface area contributed by atoms with Gasteiger partial charge in [0.2, 0.25) is 5.75 Å². The minimum atomic E-state index is -0.520. The van der Waals surface area contributed by atoms with Crippen LogP contribution in [-0.2, 0) is 0 Å². The van der Waals surface area contributed by atoms with Crippen molar-refractivity contribution in [2.45, 2.75) is 0 Å². The molecule has 3 aromatic rings. The molecule has 0 amide bonds. The van der Waals surface area contributed by atoms with Crippen molar-refractivity contribution in [3.63, 3.8) is 0 Å². The number of methoxy groups -OCH3 is 5. The van der Waals surface area contributed by atoms with E-state index in [1.807, 2.05) is 30.4 Å². The molecule has 0 bridgehead atoms. The van der Waals surface area contributed by atoms with Crippen LogP contribution in [0.1, 0.15) is 21.5 Å². The standard InChI is InChI=1S/C28H28N2O8/c1-34-23-13-10-20(7-6-18-16-24(35-2)27(37-4)25(17-18)36-3)26(28(23)38-5)29-15-14-22(31)19-8-11-21(12-9-19)30(32)33/h6-17,29H,1-5H3. The molecule has 1 N–H and O–H groups in total. The number of anilines is 1. The van der Waals surface area contributed by atoms with E-state index in [0.29, 0.717) is 40.0 Å². The van der Waals surface area contributed by atoms with E-state index >= 15 is 0 Å². The molecule has 0 radical (unpaired) electrons. The zero-order chi connectivity index (χ0) is 27.7. The van der Waals surface area contributed by atoms with Crippen LogP contribution in [0.2, 0.25) is 0 Å². The molecule has 0 aromatic heterocycles. The van der Waals surface area contributed by atoms with Gasteiger partial charge in [0.25, 0.3) is 5.69 Å². The van der Waals surface area contributed by atoms with E-state index in [9.17, 15) is 14.9 Å². The van der Waals surface area contributed by atoms with Crippen molar-refractivity contribution in [1.29, 1.82) is 0 Å². The number of nitrogens with one attached hydrogen (secondary N) is 1. The number of benzene rings is 3. The van der Waals surface area contributed by atoms with Gasteiger partial charge in [-0.25, -0.2) is 0 Å². The Bertz CT molecular complexity index is 1340. The van der Waals surface area contributed by atoms with E-state index in [2.05, 4.69) is 5.32 Å². The average Bonchev–Trinajstić information content (AvgIpc) is 2.95. The van der Waals surface area contributed by atoms with E-state index in [4.69, 9.17) is 23.7 Å². The number of nitro groups is 1. The van der Waals surface area contributed by atoms with Gasteiger partial charge in [-0.3, -0.25) is 14.9 Å². The lowest BCUT2D eigenvalue weighted by Gasteiger charge is -2.15. The van der Waals surface area contributed by atoms with E-state index in [1.165, 1.54) is 57.9 Å². The molecule has 0 aliphatic rings. The highest BCUT2D eigenvalue weighted by atomic mass is 16.6. The number of carbonyl (C=O) groups is 1. The predicted octanol–water partition coefficient (Wildman–Crippen LogP) is 5.62. The summed E-state index contributed by atoms with van der Waals surface area (Å²) in [4.78, 5) is 22.9. The van der Waals surface area contributed by atoms with E-state index < -0.39 is 4.92 Å². The Kier molecular flexibility index (Phi) is 9.31. The second-order valence-electron chi connectivity index (χ2n) is 7.70. The summed E-state index contributed by atoms with van der Waals surface area (Å²) in [6.45, 7) is 0. The van der Waals surface area contributed by atoms with Crippen LogP contribution in [0, 0.1) is 10.1 Å². The summed E-state index contributed by atoms with van der Waals surface area (Å²) in [6, 6.07) is 12.6. The largest absolute Gasteiger partial charge is 0.493 e. The monoisotopic (exact) mass is 520 g/mol. The topological polar surface area (TPSA) is 118 Å². The van der Waals surface area contributed by atoms with Crippen molar-refractivity contribution in [2.24, 2.45) is 0 Å². The maximum Gasteiger partial charge on any atom is 0.269 e. The van der Waals surface area contributed by atoms with Gasteiger partial charge in [-0.1, -0.05) is 12.2 Å². The molecule has 38 heavy (non-hydrogen) atoms. The van der Waals surface area contributed by atoms with Gasteiger partial charge in [0.1, 0.15) is 0 Å². The normalized spacial score (nSPS) is 10.9. The van der Waals surface area contributed by atoms with Gasteiger partial charge in [0, 0.05) is 35.5 Å². The second kappa shape index (κ2) is 12.8. The lowest BCUT2D eigenvalue weighted by molar-refractivity contribution is -0.384. The van der Waals surface area contributed by atoms with Gasteiger partial charge >= 0.3 is 0 Å². The SMILES string of the molecule is COc1cc(C=Cc2ccc(OC)c(OC)c2NC=CC(=O)c2ccc([N+](=O)[O-])cc2)cc(OC)c1OC. The van der Waals surface area contributed by atoms with Crippen LogP contribution in [0.3, 0.4) is 0 Å². The maximum absolute atomic E-state index is 12.6. The summed E-state index contributed by atoms with van der Waals surface area (Å²) in [6.07, 6.45) is 6.52. The highest BCUT2D eigenvalue weighted by Crippen LogP contribution is 2.40. The molecule has 0 aliphatic heterocycles. The highest BCUT2D eigenvalue weighted by molar-refractivity contribution is 6.04. The lowest BCUT2D eigenvalue weighted by Crippen LogP contribution is -2.01. The Hall–Kier alpha value is -4.99. The number of allylic oxidation sites excluding steroid dienone is 1. The third kappa shape index (κ3) is 6.22. The molecule has 0 fully saturated rings. The summed E-state index contributed by atoms with van der Waals surface area (Å²) in [5, 5.41) is 13.9. The molecule has 0 atom stereocenters. The first-order valence-corrected chi connectivity index (χ1v) is 11.3. The third-order valence-corrected chi connectivity index (χ3v) is 5.55. The van der Waals surface area contributed by atoms with Crippen molar-refractivity contribution in [2.75, 3.05) is 40.9 Å². The fourth-order valence-corrected chi connectivity index (χ4v) is 3.66. The van der Waals surface area contributed by atoms with E-state index in [1.54, 1.807) is 20.3 Å². The predicted molar refractivity (Wildman–Crippen MR) is 145 cm³/mol. The third-order valence-electron chi connectivity index (χ3n) is 5.55. The van der Waals surface area contributed by atoms with Crippen LogP contribution in [0.25, 0.3) is 12.2 Å². The fourth-order valence-electron chi connectivity index (χ4n) is 3.66. The van der Waals surface area contributed by atoms with Crippen molar-refractivity contribution in [1.82, 2.24) is 0 Å². The Balaban J connectivity index is 1.93. The molecule has 0 aliphatic carbocycles. The summed E-state index contributed by atoms with van der Waals surface area (Å²) >= 11 is 0. The average molecular weight is 521 g/mol. The number of nitrogens with zero attached hydrogens (tertiary/aromatic N) is 1. The first kappa shape index (κ1) is 27.6. The van der Waals surface area contributed by atoms with Crippen LogP contribution in [0.4, 0.5) is 11.4 Å². The fraction of sp³-hybridized carbons (Fsp3) is 0.179. The summed E-state index contributed by atoms with van der Waals surface area (Å²) < 4.78 is 27.2. The summed E-state index contributed by atoms with van der Waals surface area (Å²) in [5.41, 5.74) is 2.32. The number of ketones is 1. The zero-order valence-electron chi connectivity index (χ0n) is 21.6. The second-order valence-corrected chi connectivity index (χ2v) is 7.70. The Morgan fingerprint density at radius 2 is 1.39 bits per heavy atom. The van der Waals surface area contributed by atoms with Crippen LogP contribution < -0.4 is 29.0 Å². The van der Waals surface area contributed by atoms with Gasteiger partial charge in [0.05, 0.1) is 46.2 Å². The first-order valence-electron chi connectivity index (χ1n) is 11.3. The van der Waals surface area contributed by atoms with Crippen molar-refractivity contribution in [3.8, 4) is 28.7 Å². The van der Waals surface area contributed by atoms with Gasteiger partial charge < -0.3 is 29.0 Å². The highest BCUT2D eigenvalue weighted by Gasteiger charge is 2.15. The van der Waals surface area contributed by atoms with E-state index in [-0.39, 0.29) is 11.5 Å². The number of hydrogen-bond donors (Lipinski definition) is 1. The molecular formula is C28H28N2O8. The number of non-ortho nitro benzene ring substituents is 1. The molecule has 0 saturated carbocycles. The quantitative estimate of drug-likeness (QED) is 0.107. The van der Waals surface area contributed by atoms with Gasteiger partial charge in [0.15, 0.2) is 28.8 Å². The zero-order valence-corrected chi connectivity index (χ0v) is 21.6. The molecule has 3 rings (SSSR count). The summed E-state index contributed by atoms with van der Waals surface area (Å²) in [5.74, 6) is 2.13. The van der Waals surface area contributed by atoms with Gasteiger partial charge in [-0.15, -0.1) is 0 Å². The number of nitro benzene ring substituents is 1. The van der Waals surface area contributed by atoms with Crippen molar-refractivity contribution >= 4 is 29.3 Å². The van der Waals surface area contributed by atoms with Crippen LogP contribution in [-0.4, -0.2) is 46.3 Å². The molecule has 10 nitrogen and oxygen atoms in total. The summed E-state index contributed by atoms with van der Waals surface area (Å²) in [7, 11) is 7.68. The molecule has 0 heterocycles. The van der Waals surface area contributed by atoms with Gasteiger partial charge in [-0.05, 0) is 42.0 Å². The Morgan fingerprint density at radius 3 is 1.92 bits per heavy atom.